The number of methoxy groups -OCH3 is 1. The monoisotopic (exact) mass is 523 g/mol. The topological polar surface area (TPSA) is 82.9 Å². The third kappa shape index (κ3) is 6.06. The molecule has 1 unspecified atom stereocenters. The van der Waals surface area contributed by atoms with Gasteiger partial charge in [0, 0.05) is 30.8 Å². The fraction of sp³-hybridized carbons (Fsp3) is 0.625. The van der Waals surface area contributed by atoms with Gasteiger partial charge in [-0.2, -0.15) is 0 Å². The number of amides is 1. The Kier molecular flexibility index (Phi) is 7.43. The molecule has 1 aliphatic carbocycles. The highest BCUT2D eigenvalue weighted by Crippen LogP contribution is 2.35. The van der Waals surface area contributed by atoms with Crippen molar-refractivity contribution in [3.63, 3.8) is 0 Å². The molecule has 0 saturated heterocycles. The number of hydrogen-bond acceptors (Lipinski definition) is 6. The van der Waals surface area contributed by atoms with Crippen LogP contribution in [0, 0.1) is 0 Å². The van der Waals surface area contributed by atoms with Crippen LogP contribution in [0.5, 0.6) is 0 Å². The third-order valence-corrected chi connectivity index (χ3v) is 5.77. The second kappa shape index (κ2) is 9.62. The molecule has 2 aromatic heterocycles. The molecule has 0 aliphatic heterocycles. The Morgan fingerprint density at radius 1 is 1.15 bits per heavy atom. The van der Waals surface area contributed by atoms with E-state index in [1.54, 1.807) is 16.6 Å². The van der Waals surface area contributed by atoms with Crippen LogP contribution in [0.2, 0.25) is 0 Å². The number of hydrogen-bond donors (Lipinski definition) is 0. The highest BCUT2D eigenvalue weighted by molar-refractivity contribution is 9.10. The number of pyridine rings is 1. The maximum absolute atomic E-state index is 13.1. The van der Waals surface area contributed by atoms with Gasteiger partial charge >= 0.3 is 12.2 Å². The third-order valence-electron chi connectivity index (χ3n) is 5.33. The van der Waals surface area contributed by atoms with Gasteiger partial charge in [0.05, 0.1) is 6.61 Å². The second-order valence-corrected chi connectivity index (χ2v) is 11.1. The van der Waals surface area contributed by atoms with Crippen LogP contribution in [0.3, 0.4) is 0 Å². The molecular weight excluding hydrogens is 490 g/mol. The lowest BCUT2D eigenvalue weighted by Gasteiger charge is -2.35. The van der Waals surface area contributed by atoms with Crippen LogP contribution in [0.25, 0.3) is 11.0 Å². The summed E-state index contributed by atoms with van der Waals surface area (Å²) in [6.07, 6.45) is 1.09. The van der Waals surface area contributed by atoms with E-state index in [1.165, 1.54) is 0 Å². The fourth-order valence-electron chi connectivity index (χ4n) is 4.08. The van der Waals surface area contributed by atoms with Gasteiger partial charge in [-0.15, -0.1) is 0 Å². The molecule has 0 radical (unpaired) electrons. The number of nitrogens with zero attached hydrogens (tertiary/aromatic N) is 3. The first-order valence-corrected chi connectivity index (χ1v) is 12.0. The van der Waals surface area contributed by atoms with Crippen molar-refractivity contribution in [2.24, 2.45) is 0 Å². The number of carbonyl (C=O) groups is 2. The van der Waals surface area contributed by atoms with Crippen LogP contribution in [-0.4, -0.2) is 64.1 Å². The zero-order valence-electron chi connectivity index (χ0n) is 20.5. The molecule has 0 saturated carbocycles. The normalized spacial score (nSPS) is 16.4. The highest BCUT2D eigenvalue weighted by Gasteiger charge is 2.35. The van der Waals surface area contributed by atoms with Crippen molar-refractivity contribution < 1.29 is 23.8 Å². The number of halogens is 1. The molecule has 33 heavy (non-hydrogen) atoms. The van der Waals surface area contributed by atoms with E-state index in [0.29, 0.717) is 42.7 Å². The van der Waals surface area contributed by atoms with E-state index in [2.05, 4.69) is 20.9 Å². The Morgan fingerprint density at radius 2 is 1.82 bits per heavy atom. The van der Waals surface area contributed by atoms with E-state index in [0.717, 1.165) is 16.6 Å². The maximum atomic E-state index is 13.1. The summed E-state index contributed by atoms with van der Waals surface area (Å²) < 4.78 is 18.8. The summed E-state index contributed by atoms with van der Waals surface area (Å²) in [5.74, 6) is 0. The number of ether oxygens (including phenoxy) is 3. The van der Waals surface area contributed by atoms with Crippen LogP contribution >= 0.6 is 15.9 Å². The number of rotatable bonds is 4. The predicted molar refractivity (Wildman–Crippen MR) is 130 cm³/mol. The number of fused-ring (bicyclic) bond motifs is 3. The molecule has 8 nitrogen and oxygen atoms in total. The molecule has 0 bridgehead atoms. The summed E-state index contributed by atoms with van der Waals surface area (Å²) in [4.78, 5) is 32.5. The minimum absolute atomic E-state index is 0.0798. The summed E-state index contributed by atoms with van der Waals surface area (Å²) in [5.41, 5.74) is 1.24. The van der Waals surface area contributed by atoms with Crippen molar-refractivity contribution in [3.8, 4) is 0 Å². The van der Waals surface area contributed by atoms with Crippen molar-refractivity contribution >= 4 is 39.1 Å². The molecule has 0 spiro atoms. The van der Waals surface area contributed by atoms with Crippen LogP contribution in [0.1, 0.15) is 59.2 Å². The number of aromatic nitrogens is 2. The Balaban J connectivity index is 2.01. The summed E-state index contributed by atoms with van der Waals surface area (Å²) in [5, 5.41) is 0.889. The lowest BCUT2D eigenvalue weighted by Crippen LogP contribution is -2.47. The van der Waals surface area contributed by atoms with E-state index in [-0.39, 0.29) is 12.1 Å². The summed E-state index contributed by atoms with van der Waals surface area (Å²) in [6, 6.07) is 3.74. The van der Waals surface area contributed by atoms with Crippen LogP contribution in [0.15, 0.2) is 16.7 Å². The maximum Gasteiger partial charge on any atom is 0.420 e. The number of carbonyl (C=O) groups excluding carboxylic acids is 2. The van der Waals surface area contributed by atoms with E-state index >= 15 is 0 Å². The van der Waals surface area contributed by atoms with Crippen LogP contribution in [0.4, 0.5) is 9.59 Å². The Labute approximate surface area is 203 Å². The standard InChI is InChI=1S/C24H34BrN3O5/c1-23(2,3)32-21(29)27(12-13-31-7)15-8-10-18-17(14-15)16-9-11-19(25)26-20(16)28(18)22(30)33-24(4,5)6/h9,11,15H,8,10,12-14H2,1-7H3. The highest BCUT2D eigenvalue weighted by atomic mass is 79.9. The van der Waals surface area contributed by atoms with Gasteiger partial charge in [0.2, 0.25) is 0 Å². The molecule has 0 aromatic carbocycles. The van der Waals surface area contributed by atoms with Crippen molar-refractivity contribution in [2.75, 3.05) is 20.3 Å². The zero-order chi connectivity index (χ0) is 24.6. The molecule has 2 aromatic rings. The largest absolute Gasteiger partial charge is 0.444 e. The van der Waals surface area contributed by atoms with Crippen molar-refractivity contribution in [2.45, 2.75) is 78.0 Å². The lowest BCUT2D eigenvalue weighted by molar-refractivity contribution is 0.00862. The van der Waals surface area contributed by atoms with Crippen molar-refractivity contribution in [3.05, 3.63) is 28.0 Å². The quantitative estimate of drug-likeness (QED) is 0.504. The van der Waals surface area contributed by atoms with Crippen molar-refractivity contribution in [1.29, 1.82) is 0 Å². The molecule has 182 valence electrons. The van der Waals surface area contributed by atoms with E-state index in [1.807, 2.05) is 53.7 Å². The van der Waals surface area contributed by atoms with Crippen LogP contribution in [-0.2, 0) is 27.1 Å². The molecule has 3 rings (SSSR count). The van der Waals surface area contributed by atoms with Crippen molar-refractivity contribution in [1.82, 2.24) is 14.5 Å². The molecule has 0 N–H and O–H groups in total. The second-order valence-electron chi connectivity index (χ2n) is 10.3. The molecule has 1 atom stereocenters. The summed E-state index contributed by atoms with van der Waals surface area (Å²) in [7, 11) is 1.62. The van der Waals surface area contributed by atoms with Gasteiger partial charge in [-0.3, -0.25) is 0 Å². The van der Waals surface area contributed by atoms with Gasteiger partial charge < -0.3 is 19.1 Å². The average molecular weight is 524 g/mol. The Bertz CT molecular complexity index is 1040. The van der Waals surface area contributed by atoms with Gasteiger partial charge in [-0.25, -0.2) is 19.1 Å². The Morgan fingerprint density at radius 3 is 2.42 bits per heavy atom. The molecule has 1 amide bonds. The molecule has 9 heteroatoms. The first-order valence-electron chi connectivity index (χ1n) is 11.2. The first kappa shape index (κ1) is 25.5. The van der Waals surface area contributed by atoms with Gasteiger partial charge in [-0.05, 0) is 94.4 Å². The average Bonchev–Trinajstić information content (AvgIpc) is 2.98. The zero-order valence-corrected chi connectivity index (χ0v) is 22.1. The van der Waals surface area contributed by atoms with Gasteiger partial charge in [0.1, 0.15) is 15.8 Å². The molecule has 2 heterocycles. The van der Waals surface area contributed by atoms with Gasteiger partial charge in [0.25, 0.3) is 0 Å². The first-order chi connectivity index (χ1) is 15.3. The predicted octanol–water partition coefficient (Wildman–Crippen LogP) is 5.32. The molecular formula is C24H34BrN3O5. The minimum atomic E-state index is -0.628. The van der Waals surface area contributed by atoms with E-state index < -0.39 is 17.3 Å². The molecule has 0 fully saturated rings. The van der Waals surface area contributed by atoms with Gasteiger partial charge in [-0.1, -0.05) is 0 Å². The summed E-state index contributed by atoms with van der Waals surface area (Å²) in [6.45, 7) is 11.9. The van der Waals surface area contributed by atoms with Gasteiger partial charge in [0.15, 0.2) is 5.65 Å². The summed E-state index contributed by atoms with van der Waals surface area (Å²) >= 11 is 3.42. The molecule has 1 aliphatic rings. The smallest absolute Gasteiger partial charge is 0.420 e. The van der Waals surface area contributed by atoms with E-state index in [9.17, 15) is 9.59 Å². The van der Waals surface area contributed by atoms with E-state index in [4.69, 9.17) is 14.2 Å². The lowest BCUT2D eigenvalue weighted by atomic mass is 9.90. The Hall–Kier alpha value is -2.13. The van der Waals surface area contributed by atoms with Crippen LogP contribution < -0.4 is 0 Å². The minimum Gasteiger partial charge on any atom is -0.444 e. The fourth-order valence-corrected chi connectivity index (χ4v) is 4.38. The SMILES string of the molecule is COCCN(C(=O)OC(C)(C)C)C1CCc2c(c3ccc(Br)nc3n2C(=O)OC(C)(C)C)C1.